The average molecular weight is 447 g/mol. The van der Waals surface area contributed by atoms with Crippen LogP contribution < -0.4 is 14.4 Å². The number of carbonyl (C=O) groups is 1. The molecular formula is C26H26N2O3S. The highest BCUT2D eigenvalue weighted by Crippen LogP contribution is 2.54. The first kappa shape index (κ1) is 20.9. The van der Waals surface area contributed by atoms with Gasteiger partial charge in [0.25, 0.3) is 0 Å². The molecule has 0 amide bonds. The van der Waals surface area contributed by atoms with Gasteiger partial charge in [-0.3, -0.25) is 9.79 Å². The highest BCUT2D eigenvalue weighted by Gasteiger charge is 2.58. The third kappa shape index (κ3) is 2.85. The molecule has 2 aliphatic heterocycles. The van der Waals surface area contributed by atoms with Gasteiger partial charge in [0.2, 0.25) is 5.72 Å². The Bertz CT molecular complexity index is 1270. The van der Waals surface area contributed by atoms with Crippen LogP contribution in [0.5, 0.6) is 11.5 Å². The number of hydrogen-bond acceptors (Lipinski definition) is 6. The van der Waals surface area contributed by atoms with E-state index < -0.39 is 5.72 Å². The topological polar surface area (TPSA) is 51.1 Å². The maximum Gasteiger partial charge on any atom is 0.324 e. The van der Waals surface area contributed by atoms with Crippen molar-refractivity contribution in [3.63, 3.8) is 0 Å². The molecule has 2 unspecified atom stereocenters. The fourth-order valence-corrected chi connectivity index (χ4v) is 4.95. The number of esters is 1. The summed E-state index contributed by atoms with van der Waals surface area (Å²) in [5.41, 5.74) is 2.10. The average Bonchev–Trinajstić information content (AvgIpc) is 2.96. The number of ether oxygens (including phenoxy) is 2. The summed E-state index contributed by atoms with van der Waals surface area (Å²) in [4.78, 5) is 19.3. The lowest BCUT2D eigenvalue weighted by atomic mass is 9.77. The van der Waals surface area contributed by atoms with Gasteiger partial charge in [0.1, 0.15) is 17.2 Å². The fraction of sp³-hybridized carbons (Fsp3) is 0.308. The van der Waals surface area contributed by atoms with Crippen molar-refractivity contribution in [1.29, 1.82) is 0 Å². The summed E-state index contributed by atoms with van der Waals surface area (Å²) in [6, 6.07) is 18.0. The summed E-state index contributed by atoms with van der Waals surface area (Å²) in [6.45, 7) is 6.22. The third-order valence-electron chi connectivity index (χ3n) is 6.80. The van der Waals surface area contributed by atoms with Crippen LogP contribution in [0.25, 0.3) is 10.8 Å². The van der Waals surface area contributed by atoms with Gasteiger partial charge in [-0.1, -0.05) is 30.3 Å². The van der Waals surface area contributed by atoms with Crippen molar-refractivity contribution in [1.82, 2.24) is 0 Å². The molecule has 164 valence electrons. The van der Waals surface area contributed by atoms with Crippen LogP contribution in [-0.2, 0) is 10.2 Å². The van der Waals surface area contributed by atoms with Crippen LogP contribution in [0, 0.1) is 0 Å². The minimum atomic E-state index is -0.727. The SMILES string of the molecule is CSC(C)C(=O)Oc1ccc2ccc3c(c2c1)N=CC1(O3)N(C)c2ccccc2C1(C)C. The molecular weight excluding hydrogens is 420 g/mol. The highest BCUT2D eigenvalue weighted by molar-refractivity contribution is 7.99. The molecule has 2 heterocycles. The van der Waals surface area contributed by atoms with Crippen molar-refractivity contribution in [2.75, 3.05) is 18.2 Å². The van der Waals surface area contributed by atoms with Crippen molar-refractivity contribution in [2.45, 2.75) is 37.2 Å². The van der Waals surface area contributed by atoms with E-state index in [1.54, 1.807) is 0 Å². The van der Waals surface area contributed by atoms with E-state index in [4.69, 9.17) is 14.5 Å². The van der Waals surface area contributed by atoms with Gasteiger partial charge in [-0.05, 0) is 62.2 Å². The highest BCUT2D eigenvalue weighted by atomic mass is 32.2. The van der Waals surface area contributed by atoms with E-state index >= 15 is 0 Å². The van der Waals surface area contributed by atoms with E-state index in [1.165, 1.54) is 17.3 Å². The van der Waals surface area contributed by atoms with Gasteiger partial charge in [0.15, 0.2) is 0 Å². The molecule has 0 N–H and O–H groups in total. The van der Waals surface area contributed by atoms with Crippen LogP contribution in [0.4, 0.5) is 11.4 Å². The Morgan fingerprint density at radius 2 is 1.91 bits per heavy atom. The molecule has 3 aromatic carbocycles. The van der Waals surface area contributed by atoms with Gasteiger partial charge in [-0.25, -0.2) is 0 Å². The lowest BCUT2D eigenvalue weighted by Crippen LogP contribution is -2.61. The molecule has 0 bridgehead atoms. The summed E-state index contributed by atoms with van der Waals surface area (Å²) >= 11 is 1.46. The molecule has 32 heavy (non-hydrogen) atoms. The Morgan fingerprint density at radius 3 is 2.66 bits per heavy atom. The van der Waals surface area contributed by atoms with Gasteiger partial charge in [0, 0.05) is 18.1 Å². The number of benzene rings is 3. The van der Waals surface area contributed by atoms with Crippen LogP contribution in [0.15, 0.2) is 59.6 Å². The van der Waals surface area contributed by atoms with Crippen molar-refractivity contribution >= 4 is 46.1 Å². The minimum absolute atomic E-state index is 0.224. The molecule has 2 atom stereocenters. The normalized spacial score (nSPS) is 21.2. The lowest BCUT2D eigenvalue weighted by Gasteiger charge is -2.45. The minimum Gasteiger partial charge on any atom is -0.459 e. The molecule has 3 aromatic rings. The zero-order valence-electron chi connectivity index (χ0n) is 18.9. The van der Waals surface area contributed by atoms with E-state index in [1.807, 2.05) is 55.8 Å². The number of aliphatic imine (C=N–C) groups is 1. The summed E-state index contributed by atoms with van der Waals surface area (Å²) in [7, 11) is 2.05. The Morgan fingerprint density at radius 1 is 1.16 bits per heavy atom. The molecule has 0 fully saturated rings. The molecule has 5 rings (SSSR count). The number of rotatable bonds is 3. The number of hydrogen-bond donors (Lipinski definition) is 0. The smallest absolute Gasteiger partial charge is 0.324 e. The molecule has 0 aliphatic carbocycles. The van der Waals surface area contributed by atoms with E-state index in [-0.39, 0.29) is 16.6 Å². The van der Waals surface area contributed by atoms with Gasteiger partial charge in [0.05, 0.1) is 16.9 Å². The van der Waals surface area contributed by atoms with Crippen LogP contribution in [0.3, 0.4) is 0 Å². The maximum atomic E-state index is 12.3. The Kier molecular flexibility index (Phi) is 4.75. The number of likely N-dealkylation sites (N-methyl/N-ethyl adjacent to an activating group) is 1. The fourth-order valence-electron chi connectivity index (χ4n) is 4.71. The van der Waals surface area contributed by atoms with E-state index in [0.717, 1.165) is 22.1 Å². The van der Waals surface area contributed by atoms with Crippen LogP contribution in [0.1, 0.15) is 26.3 Å². The molecule has 0 saturated carbocycles. The van der Waals surface area contributed by atoms with E-state index in [2.05, 4.69) is 44.0 Å². The van der Waals surface area contributed by atoms with Gasteiger partial charge >= 0.3 is 5.97 Å². The number of carbonyl (C=O) groups excluding carboxylic acids is 1. The van der Waals surface area contributed by atoms with E-state index in [9.17, 15) is 4.79 Å². The second kappa shape index (κ2) is 7.27. The number of anilines is 1. The van der Waals surface area contributed by atoms with Gasteiger partial charge < -0.3 is 14.4 Å². The summed E-state index contributed by atoms with van der Waals surface area (Å²) in [6.07, 6.45) is 3.81. The van der Waals surface area contributed by atoms with E-state index in [0.29, 0.717) is 11.5 Å². The first-order valence-electron chi connectivity index (χ1n) is 10.7. The second-order valence-corrected chi connectivity index (χ2v) is 10.0. The number of para-hydroxylation sites is 1. The Labute approximate surface area is 192 Å². The molecule has 5 nitrogen and oxygen atoms in total. The number of nitrogens with zero attached hydrogens (tertiary/aromatic N) is 2. The van der Waals surface area contributed by atoms with Crippen molar-refractivity contribution < 1.29 is 14.3 Å². The molecule has 6 heteroatoms. The van der Waals surface area contributed by atoms with Gasteiger partial charge in [-0.2, -0.15) is 11.8 Å². The first-order chi connectivity index (χ1) is 15.3. The first-order valence-corrected chi connectivity index (χ1v) is 12.0. The van der Waals surface area contributed by atoms with Crippen LogP contribution in [0.2, 0.25) is 0 Å². The largest absolute Gasteiger partial charge is 0.459 e. The third-order valence-corrected chi connectivity index (χ3v) is 7.70. The van der Waals surface area contributed by atoms with Crippen LogP contribution >= 0.6 is 11.8 Å². The molecule has 0 radical (unpaired) electrons. The van der Waals surface area contributed by atoms with Crippen LogP contribution in [-0.4, -0.2) is 36.5 Å². The predicted octanol–water partition coefficient (Wildman–Crippen LogP) is 5.72. The van der Waals surface area contributed by atoms with Crippen molar-refractivity contribution in [3.05, 3.63) is 60.2 Å². The summed E-state index contributed by atoms with van der Waals surface area (Å²) in [5.74, 6) is 0.971. The summed E-state index contributed by atoms with van der Waals surface area (Å²) < 4.78 is 12.3. The Balaban J connectivity index is 1.57. The van der Waals surface area contributed by atoms with Crippen molar-refractivity contribution in [2.24, 2.45) is 4.99 Å². The maximum absolute atomic E-state index is 12.3. The number of thioether (sulfide) groups is 1. The van der Waals surface area contributed by atoms with Gasteiger partial charge in [-0.15, -0.1) is 0 Å². The molecule has 0 aromatic heterocycles. The quantitative estimate of drug-likeness (QED) is 0.381. The Hall–Kier alpha value is -2.99. The second-order valence-electron chi connectivity index (χ2n) is 8.85. The number of fused-ring (bicyclic) bond motifs is 4. The molecule has 1 spiro atoms. The monoisotopic (exact) mass is 446 g/mol. The molecule has 0 saturated heterocycles. The summed E-state index contributed by atoms with van der Waals surface area (Å²) in [5, 5.41) is 1.69. The zero-order valence-corrected chi connectivity index (χ0v) is 19.7. The molecule has 2 aliphatic rings. The lowest BCUT2D eigenvalue weighted by molar-refractivity contribution is -0.133. The predicted molar refractivity (Wildman–Crippen MR) is 132 cm³/mol. The standard InChI is InChI=1S/C26H26N2O3S/c1-16(32-5)24(29)30-18-12-10-17-11-13-22-23(19(17)14-18)27-15-26(31-22)25(2,3)20-8-6-7-9-21(20)28(26)4/h6-16H,1-5H3. The van der Waals surface area contributed by atoms with Crippen molar-refractivity contribution in [3.8, 4) is 11.5 Å². The zero-order chi connectivity index (χ0) is 22.7.